The number of hydrogen-bond acceptors (Lipinski definition) is 3. The molecule has 2 aromatic rings. The Kier molecular flexibility index (Phi) is 4.13. The molecule has 2 fully saturated rings. The Balaban J connectivity index is 1.30. The fourth-order valence-electron chi connectivity index (χ4n) is 3.70. The largest absolute Gasteiger partial charge is 0.346 e. The van der Waals surface area contributed by atoms with Crippen molar-refractivity contribution in [3.8, 4) is 0 Å². The standard InChI is InChI=1S/C18H26N4/c1-2-10-22(9-1)13-16(14-3-4-14)11-19-12-17-6-5-15-7-8-20-18(15)21-17/h5-8,14,16,19H,1-4,9-13H2,(H,20,21). The van der Waals surface area contributed by atoms with E-state index in [1.165, 1.54) is 50.7 Å². The Morgan fingerprint density at radius 3 is 2.91 bits per heavy atom. The first-order valence-corrected chi connectivity index (χ1v) is 8.74. The third-order valence-electron chi connectivity index (χ3n) is 5.16. The van der Waals surface area contributed by atoms with E-state index in [0.29, 0.717) is 0 Å². The van der Waals surface area contributed by atoms with Crippen LogP contribution in [0, 0.1) is 11.8 Å². The SMILES string of the molecule is c1cc2ccc(CNCC(CN3CCCC3)C3CC3)nc2[nH]1. The summed E-state index contributed by atoms with van der Waals surface area (Å²) >= 11 is 0. The van der Waals surface area contributed by atoms with Crippen LogP contribution in [0.1, 0.15) is 31.4 Å². The van der Waals surface area contributed by atoms with E-state index in [9.17, 15) is 0 Å². The number of aromatic amines is 1. The van der Waals surface area contributed by atoms with Crippen molar-refractivity contribution in [2.75, 3.05) is 26.2 Å². The quantitative estimate of drug-likeness (QED) is 0.826. The second-order valence-corrected chi connectivity index (χ2v) is 6.95. The molecule has 0 radical (unpaired) electrons. The zero-order valence-corrected chi connectivity index (χ0v) is 13.2. The molecule has 4 heteroatoms. The first-order valence-electron chi connectivity index (χ1n) is 8.74. The summed E-state index contributed by atoms with van der Waals surface area (Å²) in [7, 11) is 0. The smallest absolute Gasteiger partial charge is 0.137 e. The lowest BCUT2D eigenvalue weighted by Crippen LogP contribution is -2.34. The molecule has 0 bridgehead atoms. The van der Waals surface area contributed by atoms with Crippen molar-refractivity contribution < 1.29 is 0 Å². The topological polar surface area (TPSA) is 44.0 Å². The van der Waals surface area contributed by atoms with Crippen LogP contribution in [0.5, 0.6) is 0 Å². The number of fused-ring (bicyclic) bond motifs is 1. The van der Waals surface area contributed by atoms with Crippen molar-refractivity contribution in [2.24, 2.45) is 11.8 Å². The monoisotopic (exact) mass is 298 g/mol. The number of likely N-dealkylation sites (tertiary alicyclic amines) is 1. The second-order valence-electron chi connectivity index (χ2n) is 6.95. The van der Waals surface area contributed by atoms with E-state index in [1.807, 2.05) is 6.20 Å². The van der Waals surface area contributed by atoms with Crippen LogP contribution in [0.25, 0.3) is 11.0 Å². The summed E-state index contributed by atoms with van der Waals surface area (Å²) in [4.78, 5) is 10.5. The molecule has 0 aromatic carbocycles. The molecule has 1 aliphatic heterocycles. The molecule has 1 saturated carbocycles. The summed E-state index contributed by atoms with van der Waals surface area (Å²) in [5.41, 5.74) is 2.13. The lowest BCUT2D eigenvalue weighted by atomic mass is 10.0. The molecule has 3 heterocycles. The van der Waals surface area contributed by atoms with Crippen molar-refractivity contribution in [1.82, 2.24) is 20.2 Å². The van der Waals surface area contributed by atoms with Gasteiger partial charge < -0.3 is 15.2 Å². The Labute approximate surface area is 132 Å². The van der Waals surface area contributed by atoms with E-state index >= 15 is 0 Å². The van der Waals surface area contributed by atoms with E-state index in [1.54, 1.807) is 0 Å². The molecule has 118 valence electrons. The maximum absolute atomic E-state index is 4.67. The maximum Gasteiger partial charge on any atom is 0.137 e. The van der Waals surface area contributed by atoms with Gasteiger partial charge in [-0.15, -0.1) is 0 Å². The number of rotatable bonds is 7. The zero-order chi connectivity index (χ0) is 14.8. The van der Waals surface area contributed by atoms with Gasteiger partial charge in [0, 0.05) is 24.7 Å². The Morgan fingerprint density at radius 1 is 1.23 bits per heavy atom. The van der Waals surface area contributed by atoms with Crippen molar-refractivity contribution >= 4 is 11.0 Å². The minimum atomic E-state index is 0.826. The first-order chi connectivity index (χ1) is 10.9. The molecule has 4 rings (SSSR count). The Hall–Kier alpha value is -1.39. The molecule has 1 unspecified atom stereocenters. The molecule has 1 aliphatic carbocycles. The molecular weight excluding hydrogens is 272 g/mol. The molecule has 22 heavy (non-hydrogen) atoms. The maximum atomic E-state index is 4.67. The van der Waals surface area contributed by atoms with Crippen LogP contribution in [0.15, 0.2) is 24.4 Å². The normalized spacial score (nSPS) is 20.7. The second kappa shape index (κ2) is 6.39. The van der Waals surface area contributed by atoms with Gasteiger partial charge >= 0.3 is 0 Å². The number of aromatic nitrogens is 2. The van der Waals surface area contributed by atoms with Crippen LogP contribution >= 0.6 is 0 Å². The van der Waals surface area contributed by atoms with Gasteiger partial charge in [-0.25, -0.2) is 4.98 Å². The van der Waals surface area contributed by atoms with Gasteiger partial charge in [-0.3, -0.25) is 0 Å². The van der Waals surface area contributed by atoms with Crippen molar-refractivity contribution in [3.05, 3.63) is 30.1 Å². The Bertz CT molecular complexity index is 610. The van der Waals surface area contributed by atoms with Crippen molar-refractivity contribution in [2.45, 2.75) is 32.2 Å². The van der Waals surface area contributed by atoms with E-state index in [0.717, 1.165) is 36.3 Å². The van der Waals surface area contributed by atoms with Crippen LogP contribution in [-0.4, -0.2) is 41.0 Å². The van der Waals surface area contributed by atoms with Crippen LogP contribution in [0.4, 0.5) is 0 Å². The highest BCUT2D eigenvalue weighted by molar-refractivity contribution is 5.75. The molecule has 1 saturated heterocycles. The molecular formula is C18H26N4. The number of nitrogens with one attached hydrogen (secondary N) is 2. The zero-order valence-electron chi connectivity index (χ0n) is 13.2. The highest BCUT2D eigenvalue weighted by Gasteiger charge is 2.32. The molecule has 2 aromatic heterocycles. The Morgan fingerprint density at radius 2 is 2.09 bits per heavy atom. The number of nitrogens with zero attached hydrogens (tertiary/aromatic N) is 2. The van der Waals surface area contributed by atoms with Gasteiger partial charge in [0.2, 0.25) is 0 Å². The van der Waals surface area contributed by atoms with Gasteiger partial charge in [-0.2, -0.15) is 0 Å². The third-order valence-corrected chi connectivity index (χ3v) is 5.16. The number of hydrogen-bond donors (Lipinski definition) is 2. The van der Waals surface area contributed by atoms with Crippen molar-refractivity contribution in [1.29, 1.82) is 0 Å². The average molecular weight is 298 g/mol. The fraction of sp³-hybridized carbons (Fsp3) is 0.611. The van der Waals surface area contributed by atoms with Gasteiger partial charge in [-0.1, -0.05) is 0 Å². The van der Waals surface area contributed by atoms with E-state index in [2.05, 4.69) is 38.4 Å². The van der Waals surface area contributed by atoms with E-state index < -0.39 is 0 Å². The highest BCUT2D eigenvalue weighted by atomic mass is 15.1. The van der Waals surface area contributed by atoms with Crippen LogP contribution in [0.2, 0.25) is 0 Å². The lowest BCUT2D eigenvalue weighted by molar-refractivity contribution is 0.253. The number of H-pyrrole nitrogens is 1. The van der Waals surface area contributed by atoms with Crippen molar-refractivity contribution in [3.63, 3.8) is 0 Å². The number of pyridine rings is 1. The van der Waals surface area contributed by atoms with Crippen LogP contribution < -0.4 is 5.32 Å². The van der Waals surface area contributed by atoms with Gasteiger partial charge in [0.15, 0.2) is 0 Å². The minimum Gasteiger partial charge on any atom is -0.346 e. The fourth-order valence-corrected chi connectivity index (χ4v) is 3.70. The van der Waals surface area contributed by atoms with Gasteiger partial charge in [0.25, 0.3) is 0 Å². The summed E-state index contributed by atoms with van der Waals surface area (Å²) in [6.07, 6.45) is 7.61. The first kappa shape index (κ1) is 14.2. The van der Waals surface area contributed by atoms with Gasteiger partial charge in [0.05, 0.1) is 5.69 Å². The minimum absolute atomic E-state index is 0.826. The molecule has 1 atom stereocenters. The van der Waals surface area contributed by atoms with Gasteiger partial charge in [0.1, 0.15) is 5.65 Å². The lowest BCUT2D eigenvalue weighted by Gasteiger charge is -2.23. The third kappa shape index (κ3) is 3.33. The predicted molar refractivity (Wildman–Crippen MR) is 89.7 cm³/mol. The highest BCUT2D eigenvalue weighted by Crippen LogP contribution is 2.37. The summed E-state index contributed by atoms with van der Waals surface area (Å²) < 4.78 is 0. The molecule has 2 aliphatic rings. The molecule has 0 amide bonds. The summed E-state index contributed by atoms with van der Waals surface area (Å²) in [6, 6.07) is 6.35. The van der Waals surface area contributed by atoms with Crippen LogP contribution in [-0.2, 0) is 6.54 Å². The molecule has 4 nitrogen and oxygen atoms in total. The van der Waals surface area contributed by atoms with E-state index in [4.69, 9.17) is 0 Å². The predicted octanol–water partition coefficient (Wildman–Crippen LogP) is 2.77. The summed E-state index contributed by atoms with van der Waals surface area (Å²) in [5, 5.41) is 4.84. The molecule has 0 spiro atoms. The molecule has 2 N–H and O–H groups in total. The van der Waals surface area contributed by atoms with Gasteiger partial charge in [-0.05, 0) is 75.4 Å². The average Bonchev–Trinajstić information content (AvgIpc) is 3.06. The van der Waals surface area contributed by atoms with Crippen LogP contribution in [0.3, 0.4) is 0 Å². The van der Waals surface area contributed by atoms with E-state index in [-0.39, 0.29) is 0 Å². The summed E-state index contributed by atoms with van der Waals surface area (Å²) in [5.74, 6) is 1.79. The summed E-state index contributed by atoms with van der Waals surface area (Å²) in [6.45, 7) is 5.92.